The Bertz CT molecular complexity index is 783. The van der Waals surface area contributed by atoms with Crippen molar-refractivity contribution in [1.29, 1.82) is 0 Å². The van der Waals surface area contributed by atoms with Crippen LogP contribution in [0.5, 0.6) is 0 Å². The Kier molecular flexibility index (Phi) is 5.40. The number of piperidine rings is 1. The number of rotatable bonds is 5. The fourth-order valence-electron chi connectivity index (χ4n) is 3.05. The van der Waals surface area contributed by atoms with Crippen LogP contribution >= 0.6 is 0 Å². The maximum Gasteiger partial charge on any atom is 0.308 e. The number of carboxylic acids is 1. The molecule has 1 aliphatic rings. The van der Waals surface area contributed by atoms with Crippen LogP contribution < -0.4 is 10.2 Å². The highest BCUT2D eigenvalue weighted by Gasteiger charge is 2.36. The van der Waals surface area contributed by atoms with Crippen LogP contribution in [0.25, 0.3) is 0 Å². The van der Waals surface area contributed by atoms with Gasteiger partial charge in [0.25, 0.3) is 0 Å². The topological polar surface area (TPSA) is 108 Å². The number of pyridine rings is 1. The summed E-state index contributed by atoms with van der Waals surface area (Å²) in [5, 5.41) is 12.3. The second kappa shape index (κ2) is 7.90. The normalized spacial score (nSPS) is 19.8. The molecule has 136 valence electrons. The van der Waals surface area contributed by atoms with Gasteiger partial charge in [-0.25, -0.2) is 9.97 Å². The van der Waals surface area contributed by atoms with Gasteiger partial charge in [-0.2, -0.15) is 0 Å². The second-order valence-corrected chi connectivity index (χ2v) is 6.44. The molecule has 0 aromatic carbocycles. The molecule has 3 heterocycles. The second-order valence-electron chi connectivity index (χ2n) is 6.44. The van der Waals surface area contributed by atoms with Crippen molar-refractivity contribution < 1.29 is 14.7 Å². The molecule has 0 aliphatic carbocycles. The lowest BCUT2D eigenvalue weighted by atomic mass is 9.88. The number of amides is 1. The molecule has 0 bridgehead atoms. The molecule has 0 radical (unpaired) electrons. The van der Waals surface area contributed by atoms with E-state index in [9.17, 15) is 14.7 Å². The van der Waals surface area contributed by atoms with Crippen molar-refractivity contribution in [2.45, 2.75) is 19.9 Å². The largest absolute Gasteiger partial charge is 0.481 e. The molecule has 1 saturated heterocycles. The Labute approximate surface area is 151 Å². The SMILES string of the molecule is Cc1ccnc(N2C[C@@H](C(=O)O)C[C@@H](C(=O)NCc3ccncc3)C2)n1. The molecule has 26 heavy (non-hydrogen) atoms. The molecule has 1 amide bonds. The van der Waals surface area contributed by atoms with Crippen molar-refractivity contribution in [3.8, 4) is 0 Å². The lowest BCUT2D eigenvalue weighted by molar-refractivity contribution is -0.143. The number of hydrogen-bond acceptors (Lipinski definition) is 6. The third kappa shape index (κ3) is 4.33. The molecule has 1 fully saturated rings. The highest BCUT2D eigenvalue weighted by molar-refractivity contribution is 5.81. The van der Waals surface area contributed by atoms with E-state index in [1.807, 2.05) is 19.1 Å². The fourth-order valence-corrected chi connectivity index (χ4v) is 3.05. The highest BCUT2D eigenvalue weighted by atomic mass is 16.4. The minimum Gasteiger partial charge on any atom is -0.481 e. The molecule has 0 spiro atoms. The third-order valence-electron chi connectivity index (χ3n) is 4.45. The minimum absolute atomic E-state index is 0.162. The zero-order valence-corrected chi connectivity index (χ0v) is 14.5. The zero-order chi connectivity index (χ0) is 18.5. The van der Waals surface area contributed by atoms with Crippen LogP contribution in [0.4, 0.5) is 5.95 Å². The molecule has 0 unspecified atom stereocenters. The first-order chi connectivity index (χ1) is 12.5. The van der Waals surface area contributed by atoms with Gasteiger partial charge in [0.15, 0.2) is 0 Å². The Morgan fingerprint density at radius 3 is 2.62 bits per heavy atom. The summed E-state index contributed by atoms with van der Waals surface area (Å²) in [6.45, 7) is 2.93. The molecule has 2 atom stereocenters. The number of carbonyl (C=O) groups excluding carboxylic acids is 1. The van der Waals surface area contributed by atoms with Crippen molar-refractivity contribution in [2.75, 3.05) is 18.0 Å². The lowest BCUT2D eigenvalue weighted by Gasteiger charge is -2.35. The monoisotopic (exact) mass is 355 g/mol. The fraction of sp³-hybridized carbons (Fsp3) is 0.389. The van der Waals surface area contributed by atoms with E-state index in [0.29, 0.717) is 32.0 Å². The van der Waals surface area contributed by atoms with Gasteiger partial charge in [0.1, 0.15) is 0 Å². The maximum absolute atomic E-state index is 12.6. The number of aromatic nitrogens is 3. The van der Waals surface area contributed by atoms with E-state index < -0.39 is 17.8 Å². The van der Waals surface area contributed by atoms with E-state index in [1.54, 1.807) is 29.6 Å². The summed E-state index contributed by atoms with van der Waals surface area (Å²) < 4.78 is 0. The minimum atomic E-state index is -0.908. The molecular weight excluding hydrogens is 334 g/mol. The maximum atomic E-state index is 12.6. The van der Waals surface area contributed by atoms with Crippen LogP contribution in [0.2, 0.25) is 0 Å². The summed E-state index contributed by atoms with van der Waals surface area (Å²) in [5.41, 5.74) is 1.74. The Hall–Kier alpha value is -3.03. The third-order valence-corrected chi connectivity index (χ3v) is 4.45. The molecule has 3 rings (SSSR count). The van der Waals surface area contributed by atoms with Crippen LogP contribution in [0.1, 0.15) is 17.7 Å². The molecule has 1 aliphatic heterocycles. The van der Waals surface area contributed by atoms with Gasteiger partial charge in [0.2, 0.25) is 11.9 Å². The van der Waals surface area contributed by atoms with Crippen molar-refractivity contribution in [2.24, 2.45) is 11.8 Å². The van der Waals surface area contributed by atoms with Crippen LogP contribution in [-0.4, -0.2) is 45.0 Å². The number of anilines is 1. The van der Waals surface area contributed by atoms with Gasteiger partial charge in [-0.05, 0) is 37.1 Å². The van der Waals surface area contributed by atoms with Gasteiger partial charge in [0.05, 0.1) is 11.8 Å². The molecular formula is C18H21N5O3. The Morgan fingerprint density at radius 2 is 1.92 bits per heavy atom. The van der Waals surface area contributed by atoms with Crippen molar-refractivity contribution >= 4 is 17.8 Å². The summed E-state index contributed by atoms with van der Waals surface area (Å²) >= 11 is 0. The van der Waals surface area contributed by atoms with Crippen molar-refractivity contribution in [3.63, 3.8) is 0 Å². The average Bonchev–Trinajstić information content (AvgIpc) is 2.66. The predicted molar refractivity (Wildman–Crippen MR) is 94.3 cm³/mol. The van der Waals surface area contributed by atoms with Crippen LogP contribution in [0.3, 0.4) is 0 Å². The summed E-state index contributed by atoms with van der Waals surface area (Å²) in [7, 11) is 0. The first-order valence-electron chi connectivity index (χ1n) is 8.47. The number of carbonyl (C=O) groups is 2. The van der Waals surface area contributed by atoms with Crippen molar-refractivity contribution in [3.05, 3.63) is 48.0 Å². The predicted octanol–water partition coefficient (Wildman–Crippen LogP) is 1.02. The van der Waals surface area contributed by atoms with E-state index >= 15 is 0 Å². The first kappa shape index (κ1) is 17.8. The molecule has 8 nitrogen and oxygen atoms in total. The summed E-state index contributed by atoms with van der Waals surface area (Å²) in [5.74, 6) is -1.68. The molecule has 0 saturated carbocycles. The van der Waals surface area contributed by atoms with E-state index in [2.05, 4.69) is 20.3 Å². The summed E-state index contributed by atoms with van der Waals surface area (Å²) in [4.78, 5) is 38.5. The number of carboxylic acid groups (broad SMARTS) is 1. The first-order valence-corrected chi connectivity index (χ1v) is 8.47. The lowest BCUT2D eigenvalue weighted by Crippen LogP contribution is -2.48. The molecule has 2 N–H and O–H groups in total. The van der Waals surface area contributed by atoms with E-state index in [0.717, 1.165) is 11.3 Å². The molecule has 2 aromatic rings. The van der Waals surface area contributed by atoms with Gasteiger partial charge < -0.3 is 15.3 Å². The van der Waals surface area contributed by atoms with Gasteiger partial charge >= 0.3 is 5.97 Å². The molecule has 8 heteroatoms. The summed E-state index contributed by atoms with van der Waals surface area (Å²) in [6, 6.07) is 5.43. The van der Waals surface area contributed by atoms with E-state index in [1.165, 1.54) is 0 Å². The van der Waals surface area contributed by atoms with E-state index in [4.69, 9.17) is 0 Å². The Balaban J connectivity index is 1.70. The number of aryl methyl sites for hydroxylation is 1. The number of hydrogen-bond donors (Lipinski definition) is 2. The van der Waals surface area contributed by atoms with Gasteiger partial charge in [-0.1, -0.05) is 0 Å². The van der Waals surface area contributed by atoms with Crippen LogP contribution in [0.15, 0.2) is 36.8 Å². The number of aliphatic carboxylic acids is 1. The van der Waals surface area contributed by atoms with Crippen molar-refractivity contribution in [1.82, 2.24) is 20.3 Å². The number of nitrogens with zero attached hydrogens (tertiary/aromatic N) is 4. The van der Waals surface area contributed by atoms with Gasteiger partial charge in [-0.3, -0.25) is 14.6 Å². The van der Waals surface area contributed by atoms with Crippen LogP contribution in [-0.2, 0) is 16.1 Å². The van der Waals surface area contributed by atoms with Gasteiger partial charge in [-0.15, -0.1) is 0 Å². The van der Waals surface area contributed by atoms with Gasteiger partial charge in [0, 0.05) is 43.9 Å². The van der Waals surface area contributed by atoms with Crippen LogP contribution in [0, 0.1) is 18.8 Å². The number of nitrogens with one attached hydrogen (secondary N) is 1. The standard InChI is InChI=1S/C18H21N5O3/c1-12-2-7-20-18(22-12)23-10-14(8-15(11-23)17(25)26)16(24)21-9-13-3-5-19-6-4-13/h2-7,14-15H,8-11H2,1H3,(H,21,24)(H,25,26)/t14-,15+/m1/s1. The zero-order valence-electron chi connectivity index (χ0n) is 14.5. The molecule has 2 aromatic heterocycles. The van der Waals surface area contributed by atoms with E-state index in [-0.39, 0.29) is 5.91 Å². The highest BCUT2D eigenvalue weighted by Crippen LogP contribution is 2.25. The smallest absolute Gasteiger partial charge is 0.308 e. The summed E-state index contributed by atoms with van der Waals surface area (Å²) in [6.07, 6.45) is 5.28. The quantitative estimate of drug-likeness (QED) is 0.824. The average molecular weight is 355 g/mol. The Morgan fingerprint density at radius 1 is 1.19 bits per heavy atom.